The number of aryl methyl sites for hydroxylation is 1. The van der Waals surface area contributed by atoms with Gasteiger partial charge >= 0.3 is 5.97 Å². The third kappa shape index (κ3) is 3.59. The number of hydrogen-bond donors (Lipinski definition) is 0. The minimum absolute atomic E-state index is 0.123. The summed E-state index contributed by atoms with van der Waals surface area (Å²) in [5.74, 6) is -0.231. The van der Waals surface area contributed by atoms with Gasteiger partial charge in [-0.05, 0) is 32.0 Å². The van der Waals surface area contributed by atoms with Crippen LogP contribution >= 0.6 is 0 Å². The Hall–Kier alpha value is -3.55. The number of rotatable bonds is 5. The van der Waals surface area contributed by atoms with Crippen LogP contribution in [0.2, 0.25) is 0 Å². The average molecular weight is 353 g/mol. The largest absolute Gasteiger partial charge is 0.452 e. The van der Waals surface area contributed by atoms with Gasteiger partial charge in [-0.1, -0.05) is 23.8 Å². The summed E-state index contributed by atoms with van der Waals surface area (Å²) in [6, 6.07) is 11.8. The summed E-state index contributed by atoms with van der Waals surface area (Å²) in [5.41, 5.74) is 2.05. The lowest BCUT2D eigenvalue weighted by molar-refractivity contribution is -0.385. The smallest absolute Gasteiger partial charge is 0.339 e. The van der Waals surface area contributed by atoms with E-state index < -0.39 is 10.9 Å². The minimum atomic E-state index is -0.693. The van der Waals surface area contributed by atoms with Crippen LogP contribution in [0, 0.1) is 24.0 Å². The van der Waals surface area contributed by atoms with Crippen molar-refractivity contribution in [2.24, 2.45) is 0 Å². The molecular weight excluding hydrogens is 338 g/mol. The third-order valence-electron chi connectivity index (χ3n) is 3.78. The van der Waals surface area contributed by atoms with Crippen LogP contribution in [-0.2, 0) is 11.3 Å². The van der Waals surface area contributed by atoms with E-state index in [0.29, 0.717) is 5.89 Å². The summed E-state index contributed by atoms with van der Waals surface area (Å²) in [7, 11) is 0. The van der Waals surface area contributed by atoms with Gasteiger partial charge in [0.15, 0.2) is 6.61 Å². The van der Waals surface area contributed by atoms with Gasteiger partial charge in [-0.15, -0.1) is 10.2 Å². The van der Waals surface area contributed by atoms with E-state index in [0.717, 1.165) is 11.1 Å². The molecule has 0 aliphatic heterocycles. The van der Waals surface area contributed by atoms with Crippen molar-refractivity contribution < 1.29 is 18.9 Å². The molecule has 3 aromatic rings. The normalized spacial score (nSPS) is 10.5. The highest BCUT2D eigenvalue weighted by Gasteiger charge is 2.20. The summed E-state index contributed by atoms with van der Waals surface area (Å²) in [4.78, 5) is 22.6. The van der Waals surface area contributed by atoms with Crippen molar-refractivity contribution in [2.45, 2.75) is 20.5 Å². The fourth-order valence-electron chi connectivity index (χ4n) is 2.45. The van der Waals surface area contributed by atoms with E-state index in [-0.39, 0.29) is 29.3 Å². The van der Waals surface area contributed by atoms with Gasteiger partial charge in [0.05, 0.1) is 10.5 Å². The Morgan fingerprint density at radius 3 is 2.69 bits per heavy atom. The maximum Gasteiger partial charge on any atom is 0.339 e. The highest BCUT2D eigenvalue weighted by atomic mass is 16.6. The molecule has 1 heterocycles. The van der Waals surface area contributed by atoms with Crippen molar-refractivity contribution in [1.82, 2.24) is 10.2 Å². The predicted octanol–water partition coefficient (Wildman–Crippen LogP) is 3.62. The zero-order valence-corrected chi connectivity index (χ0v) is 14.1. The first-order valence-corrected chi connectivity index (χ1v) is 7.76. The second kappa shape index (κ2) is 7.14. The van der Waals surface area contributed by atoms with Crippen LogP contribution in [0.5, 0.6) is 0 Å². The fraction of sp³-hybridized carbons (Fsp3) is 0.167. The molecule has 0 saturated carbocycles. The minimum Gasteiger partial charge on any atom is -0.452 e. The van der Waals surface area contributed by atoms with E-state index in [1.165, 1.54) is 25.1 Å². The molecule has 1 aromatic heterocycles. The zero-order chi connectivity index (χ0) is 18.7. The van der Waals surface area contributed by atoms with Crippen molar-refractivity contribution in [3.05, 3.63) is 75.2 Å². The predicted molar refractivity (Wildman–Crippen MR) is 91.4 cm³/mol. The summed E-state index contributed by atoms with van der Waals surface area (Å²) in [5, 5.41) is 18.7. The van der Waals surface area contributed by atoms with E-state index in [1.54, 1.807) is 0 Å². The molecule has 8 nitrogen and oxygen atoms in total. The topological polar surface area (TPSA) is 108 Å². The first kappa shape index (κ1) is 17.3. The van der Waals surface area contributed by atoms with Crippen LogP contribution in [0.3, 0.4) is 0 Å². The molecule has 8 heteroatoms. The van der Waals surface area contributed by atoms with Crippen molar-refractivity contribution in [1.29, 1.82) is 0 Å². The SMILES string of the molecule is Cc1cccc(-c2nnc(COC(=O)c3cccc([N+](=O)[O-])c3C)o2)c1. The van der Waals surface area contributed by atoms with Crippen LogP contribution in [0.4, 0.5) is 5.69 Å². The van der Waals surface area contributed by atoms with Crippen molar-refractivity contribution in [3.63, 3.8) is 0 Å². The molecule has 0 radical (unpaired) electrons. The van der Waals surface area contributed by atoms with E-state index in [9.17, 15) is 14.9 Å². The lowest BCUT2D eigenvalue weighted by Gasteiger charge is -2.05. The van der Waals surface area contributed by atoms with Gasteiger partial charge in [0.1, 0.15) is 0 Å². The number of nitro benzene ring substituents is 1. The summed E-state index contributed by atoms with van der Waals surface area (Å²) < 4.78 is 10.6. The molecule has 0 unspecified atom stereocenters. The van der Waals surface area contributed by atoms with Gasteiger partial charge in [-0.2, -0.15) is 0 Å². The highest BCUT2D eigenvalue weighted by Crippen LogP contribution is 2.23. The Labute approximate surface area is 148 Å². The molecule has 2 aromatic carbocycles. The molecule has 3 rings (SSSR count). The quantitative estimate of drug-likeness (QED) is 0.391. The number of aromatic nitrogens is 2. The second-order valence-corrected chi connectivity index (χ2v) is 5.65. The number of nitrogens with zero attached hydrogens (tertiary/aromatic N) is 3. The van der Waals surface area contributed by atoms with Crippen molar-refractivity contribution >= 4 is 11.7 Å². The summed E-state index contributed by atoms with van der Waals surface area (Å²) in [6.45, 7) is 3.22. The van der Waals surface area contributed by atoms with Gasteiger partial charge in [0.25, 0.3) is 11.6 Å². The van der Waals surface area contributed by atoms with Crippen LogP contribution < -0.4 is 0 Å². The van der Waals surface area contributed by atoms with Gasteiger partial charge in [-0.3, -0.25) is 10.1 Å². The molecule has 0 saturated heterocycles. The van der Waals surface area contributed by atoms with E-state index >= 15 is 0 Å². The number of nitro groups is 1. The number of carbonyl (C=O) groups is 1. The fourth-order valence-corrected chi connectivity index (χ4v) is 2.45. The molecule has 0 amide bonds. The molecule has 0 aliphatic rings. The second-order valence-electron chi connectivity index (χ2n) is 5.65. The summed E-state index contributed by atoms with van der Waals surface area (Å²) in [6.07, 6.45) is 0. The highest BCUT2D eigenvalue weighted by molar-refractivity contribution is 5.92. The Bertz CT molecular complexity index is 980. The Morgan fingerprint density at radius 2 is 1.96 bits per heavy atom. The number of esters is 1. The average Bonchev–Trinajstić information content (AvgIpc) is 3.08. The molecule has 132 valence electrons. The third-order valence-corrected chi connectivity index (χ3v) is 3.78. The maximum atomic E-state index is 12.2. The monoisotopic (exact) mass is 353 g/mol. The van der Waals surface area contributed by atoms with Crippen LogP contribution in [-0.4, -0.2) is 21.1 Å². The molecule has 0 bridgehead atoms. The van der Waals surface area contributed by atoms with E-state index in [4.69, 9.17) is 9.15 Å². The summed E-state index contributed by atoms with van der Waals surface area (Å²) >= 11 is 0. The Balaban J connectivity index is 1.71. The first-order chi connectivity index (χ1) is 12.5. The maximum absolute atomic E-state index is 12.2. The van der Waals surface area contributed by atoms with Gasteiger partial charge < -0.3 is 9.15 Å². The van der Waals surface area contributed by atoms with E-state index in [1.807, 2.05) is 31.2 Å². The Kier molecular flexibility index (Phi) is 4.74. The van der Waals surface area contributed by atoms with Crippen LogP contribution in [0.15, 0.2) is 46.9 Å². The van der Waals surface area contributed by atoms with Crippen LogP contribution in [0.25, 0.3) is 11.5 Å². The lowest BCUT2D eigenvalue weighted by Crippen LogP contribution is -2.08. The standard InChI is InChI=1S/C18H15N3O5/c1-11-5-3-6-13(9-11)17-20-19-16(26-17)10-25-18(22)14-7-4-8-15(12(14)2)21(23)24/h3-9H,10H2,1-2H3. The number of carbonyl (C=O) groups excluding carboxylic acids is 1. The van der Waals surface area contributed by atoms with Gasteiger partial charge in [-0.25, -0.2) is 4.79 Å². The molecule has 26 heavy (non-hydrogen) atoms. The molecular formula is C18H15N3O5. The van der Waals surface area contributed by atoms with Gasteiger partial charge in [0, 0.05) is 17.2 Å². The van der Waals surface area contributed by atoms with Crippen LogP contribution in [0.1, 0.15) is 27.4 Å². The number of hydrogen-bond acceptors (Lipinski definition) is 7. The molecule has 0 fully saturated rings. The lowest BCUT2D eigenvalue weighted by atomic mass is 10.1. The molecule has 0 spiro atoms. The van der Waals surface area contributed by atoms with Crippen molar-refractivity contribution in [3.8, 4) is 11.5 Å². The molecule has 0 N–H and O–H groups in total. The Morgan fingerprint density at radius 1 is 1.19 bits per heavy atom. The number of benzene rings is 2. The van der Waals surface area contributed by atoms with E-state index in [2.05, 4.69) is 10.2 Å². The number of ether oxygens (including phenoxy) is 1. The van der Waals surface area contributed by atoms with Crippen molar-refractivity contribution in [2.75, 3.05) is 0 Å². The molecule has 0 atom stereocenters. The molecule has 0 aliphatic carbocycles. The zero-order valence-electron chi connectivity index (χ0n) is 14.1. The van der Waals surface area contributed by atoms with Gasteiger partial charge in [0.2, 0.25) is 5.89 Å². The first-order valence-electron chi connectivity index (χ1n) is 7.76.